The van der Waals surface area contributed by atoms with E-state index in [1.165, 1.54) is 24.8 Å². The number of hydrogen-bond acceptors (Lipinski definition) is 6. The molecule has 2 aromatic rings. The molecule has 148 valence electrons. The summed E-state index contributed by atoms with van der Waals surface area (Å²) in [6, 6.07) is 9.14. The maximum absolute atomic E-state index is 12.4. The molecule has 0 bridgehead atoms. The molecule has 3 rings (SSSR count). The number of aryl methyl sites for hydroxylation is 2. The van der Waals surface area contributed by atoms with Gasteiger partial charge in [0.15, 0.2) is 12.4 Å². The smallest absolute Gasteiger partial charge is 0.342 e. The minimum Gasteiger partial charge on any atom is -0.496 e. The van der Waals surface area contributed by atoms with Gasteiger partial charge in [-0.15, -0.1) is 0 Å². The Labute approximate surface area is 163 Å². The first kappa shape index (κ1) is 20.0. The molecule has 0 unspecified atom stereocenters. The molecule has 0 saturated carbocycles. The quantitative estimate of drug-likeness (QED) is 0.585. The first-order valence-corrected chi connectivity index (χ1v) is 10.4. The van der Waals surface area contributed by atoms with E-state index in [0.29, 0.717) is 5.56 Å². The van der Waals surface area contributed by atoms with Crippen molar-refractivity contribution in [2.75, 3.05) is 13.7 Å². The Bertz CT molecular complexity index is 1030. The van der Waals surface area contributed by atoms with Gasteiger partial charge in [-0.2, -0.15) is 0 Å². The lowest BCUT2D eigenvalue weighted by Crippen LogP contribution is -2.17. The van der Waals surface area contributed by atoms with Crippen molar-refractivity contribution in [3.63, 3.8) is 0 Å². The number of Topliss-reactive ketones (excluding diaryl/α,β-unsaturated/α-hetero) is 1. The fourth-order valence-electron chi connectivity index (χ4n) is 3.22. The molecule has 0 saturated heterocycles. The lowest BCUT2D eigenvalue weighted by Gasteiger charge is -2.16. The lowest BCUT2D eigenvalue weighted by atomic mass is 9.90. The van der Waals surface area contributed by atoms with Gasteiger partial charge in [0.05, 0.1) is 12.0 Å². The van der Waals surface area contributed by atoms with E-state index in [1.54, 1.807) is 6.07 Å². The number of carbonyl (C=O) groups excluding carboxylic acids is 2. The molecule has 0 spiro atoms. The van der Waals surface area contributed by atoms with Crippen LogP contribution in [0.1, 0.15) is 44.7 Å². The molecule has 0 atom stereocenters. The molecule has 0 heterocycles. The summed E-state index contributed by atoms with van der Waals surface area (Å²) in [4.78, 5) is 24.6. The summed E-state index contributed by atoms with van der Waals surface area (Å²) in [7, 11) is -2.66. The van der Waals surface area contributed by atoms with Gasteiger partial charge in [0.2, 0.25) is 10.0 Å². The minimum atomic E-state index is -4.00. The largest absolute Gasteiger partial charge is 0.496 e. The molecule has 0 amide bonds. The molecule has 8 heteroatoms. The molecule has 28 heavy (non-hydrogen) atoms. The van der Waals surface area contributed by atoms with Crippen LogP contribution in [0.5, 0.6) is 5.75 Å². The van der Waals surface area contributed by atoms with Crippen LogP contribution >= 0.6 is 0 Å². The average Bonchev–Trinajstić information content (AvgIpc) is 2.70. The van der Waals surface area contributed by atoms with Gasteiger partial charge in [-0.1, -0.05) is 12.1 Å². The summed E-state index contributed by atoms with van der Waals surface area (Å²) in [5, 5.41) is 5.10. The number of esters is 1. The fourth-order valence-corrected chi connectivity index (χ4v) is 3.76. The molecule has 0 radical (unpaired) electrons. The highest BCUT2D eigenvalue weighted by Gasteiger charge is 2.20. The van der Waals surface area contributed by atoms with Crippen molar-refractivity contribution in [1.29, 1.82) is 0 Å². The highest BCUT2D eigenvalue weighted by Crippen LogP contribution is 2.24. The van der Waals surface area contributed by atoms with E-state index in [-0.39, 0.29) is 22.0 Å². The van der Waals surface area contributed by atoms with Gasteiger partial charge in [-0.05, 0) is 61.1 Å². The predicted molar refractivity (Wildman–Crippen MR) is 102 cm³/mol. The molecule has 0 aromatic heterocycles. The Morgan fingerprint density at radius 2 is 1.75 bits per heavy atom. The number of ether oxygens (including phenoxy) is 2. The van der Waals surface area contributed by atoms with E-state index < -0.39 is 22.6 Å². The van der Waals surface area contributed by atoms with Crippen LogP contribution in [-0.4, -0.2) is 33.9 Å². The molecule has 2 aromatic carbocycles. The number of fused-ring (bicyclic) bond motifs is 1. The van der Waals surface area contributed by atoms with E-state index in [4.69, 9.17) is 14.6 Å². The molecule has 0 fully saturated rings. The highest BCUT2D eigenvalue weighted by atomic mass is 32.2. The van der Waals surface area contributed by atoms with Crippen LogP contribution in [0.4, 0.5) is 0 Å². The molecular weight excluding hydrogens is 382 g/mol. The van der Waals surface area contributed by atoms with Crippen molar-refractivity contribution in [3.8, 4) is 5.75 Å². The average molecular weight is 403 g/mol. The molecule has 1 aliphatic rings. The van der Waals surface area contributed by atoms with Gasteiger partial charge in [0.1, 0.15) is 11.3 Å². The van der Waals surface area contributed by atoms with Gasteiger partial charge in [0.25, 0.3) is 0 Å². The number of carbonyl (C=O) groups is 2. The van der Waals surface area contributed by atoms with Gasteiger partial charge < -0.3 is 9.47 Å². The van der Waals surface area contributed by atoms with Gasteiger partial charge >= 0.3 is 5.97 Å². The highest BCUT2D eigenvalue weighted by molar-refractivity contribution is 7.89. The predicted octanol–water partition coefficient (Wildman–Crippen LogP) is 2.26. The third kappa shape index (κ3) is 4.40. The van der Waals surface area contributed by atoms with E-state index in [0.717, 1.165) is 37.3 Å². The van der Waals surface area contributed by atoms with E-state index in [9.17, 15) is 18.0 Å². The molecular formula is C20H21NO6S. The van der Waals surface area contributed by atoms with Crippen LogP contribution in [0.3, 0.4) is 0 Å². The second kappa shape index (κ2) is 8.12. The Morgan fingerprint density at radius 3 is 2.43 bits per heavy atom. The summed E-state index contributed by atoms with van der Waals surface area (Å²) < 4.78 is 33.2. The van der Waals surface area contributed by atoms with E-state index in [2.05, 4.69) is 0 Å². The van der Waals surface area contributed by atoms with Crippen molar-refractivity contribution < 1.29 is 27.5 Å². The number of rotatable bonds is 6. The second-order valence-corrected chi connectivity index (χ2v) is 8.16. The maximum Gasteiger partial charge on any atom is 0.342 e. The number of hydrogen-bond donors (Lipinski definition) is 1. The molecule has 7 nitrogen and oxygen atoms in total. The van der Waals surface area contributed by atoms with Gasteiger partial charge in [0, 0.05) is 5.56 Å². The SMILES string of the molecule is COc1ccc(S(N)(=O)=O)cc1C(=O)OCC(=O)c1ccc2c(c1)CCCC2. The van der Waals surface area contributed by atoms with Crippen LogP contribution in [0, 0.1) is 0 Å². The van der Waals surface area contributed by atoms with Gasteiger partial charge in [-0.25, -0.2) is 18.4 Å². The summed E-state index contributed by atoms with van der Waals surface area (Å²) in [6.45, 7) is -0.458. The summed E-state index contributed by atoms with van der Waals surface area (Å²) in [6.07, 6.45) is 4.20. The third-order valence-electron chi connectivity index (χ3n) is 4.72. The molecule has 0 aliphatic heterocycles. The molecule has 2 N–H and O–H groups in total. The van der Waals surface area contributed by atoms with Crippen LogP contribution in [0.15, 0.2) is 41.3 Å². The second-order valence-electron chi connectivity index (χ2n) is 6.60. The standard InChI is InChI=1S/C20H21NO6S/c1-26-19-9-8-16(28(21,24)25)11-17(19)20(23)27-12-18(22)15-7-6-13-4-2-3-5-14(13)10-15/h6-11H,2-5,12H2,1H3,(H2,21,24,25). The topological polar surface area (TPSA) is 113 Å². The van der Waals surface area contributed by atoms with Crippen LogP contribution in [0.25, 0.3) is 0 Å². The fraction of sp³-hybridized carbons (Fsp3) is 0.300. The maximum atomic E-state index is 12.4. The lowest BCUT2D eigenvalue weighted by molar-refractivity contribution is 0.0471. The number of ketones is 1. The molecule has 1 aliphatic carbocycles. The van der Waals surface area contributed by atoms with Crippen molar-refractivity contribution in [2.24, 2.45) is 5.14 Å². The number of primary sulfonamides is 1. The minimum absolute atomic E-state index is 0.118. The van der Waals surface area contributed by atoms with E-state index >= 15 is 0 Å². The Balaban J connectivity index is 1.74. The van der Waals surface area contributed by atoms with Crippen molar-refractivity contribution >= 4 is 21.8 Å². The Hall–Kier alpha value is -2.71. The monoisotopic (exact) mass is 403 g/mol. The van der Waals surface area contributed by atoms with Crippen molar-refractivity contribution in [1.82, 2.24) is 0 Å². The van der Waals surface area contributed by atoms with Crippen LogP contribution < -0.4 is 9.88 Å². The van der Waals surface area contributed by atoms with Crippen molar-refractivity contribution in [2.45, 2.75) is 30.6 Å². The zero-order valence-electron chi connectivity index (χ0n) is 15.4. The number of methoxy groups -OCH3 is 1. The number of sulfonamides is 1. The first-order valence-electron chi connectivity index (χ1n) is 8.82. The summed E-state index contributed by atoms with van der Waals surface area (Å²) >= 11 is 0. The number of benzene rings is 2. The Kier molecular flexibility index (Phi) is 5.81. The first-order chi connectivity index (χ1) is 13.3. The summed E-state index contributed by atoms with van der Waals surface area (Å²) in [5.41, 5.74) is 2.78. The number of nitrogens with two attached hydrogens (primary N) is 1. The van der Waals surface area contributed by atoms with Crippen LogP contribution in [0.2, 0.25) is 0 Å². The van der Waals surface area contributed by atoms with Gasteiger partial charge in [-0.3, -0.25) is 4.79 Å². The van der Waals surface area contributed by atoms with E-state index in [1.807, 2.05) is 12.1 Å². The summed E-state index contributed by atoms with van der Waals surface area (Å²) in [5.74, 6) is -1.07. The normalized spacial score (nSPS) is 13.5. The van der Waals surface area contributed by atoms with Crippen molar-refractivity contribution in [3.05, 3.63) is 58.7 Å². The zero-order valence-corrected chi connectivity index (χ0v) is 16.3. The Morgan fingerprint density at radius 1 is 1.04 bits per heavy atom. The zero-order chi connectivity index (χ0) is 20.3. The van der Waals surface area contributed by atoms with Crippen LogP contribution in [-0.2, 0) is 27.6 Å². The third-order valence-corrected chi connectivity index (χ3v) is 5.64.